The Balaban J connectivity index is 2.02. The van der Waals surface area contributed by atoms with Crippen LogP contribution in [0, 0.1) is 18.6 Å². The number of ketones is 1. The van der Waals surface area contributed by atoms with Crippen LogP contribution in [0.1, 0.15) is 41.3 Å². The molecule has 0 aliphatic rings. The van der Waals surface area contributed by atoms with E-state index >= 15 is 0 Å². The second-order valence-corrected chi connectivity index (χ2v) is 6.96. The normalized spacial score (nSPS) is 10.9. The number of hydrogen-bond donors (Lipinski definition) is 0. The molecule has 0 saturated carbocycles. The zero-order valence-corrected chi connectivity index (χ0v) is 17.3. The van der Waals surface area contributed by atoms with Crippen molar-refractivity contribution < 1.29 is 18.3 Å². The molecule has 0 aliphatic heterocycles. The molecule has 3 aromatic heterocycles. The highest BCUT2D eigenvalue weighted by Gasteiger charge is 2.18. The number of Topliss-reactive ketones (excluding diaryl/α,β-unsaturated/α-hetero) is 1. The number of ether oxygens (including phenoxy) is 1. The quantitative estimate of drug-likeness (QED) is 0.544. The average molecular weight is 434 g/mol. The number of pyridine rings is 3. The van der Waals surface area contributed by atoms with Crippen molar-refractivity contribution in [3.8, 4) is 11.4 Å². The van der Waals surface area contributed by atoms with Gasteiger partial charge in [-0.1, -0.05) is 18.5 Å². The van der Waals surface area contributed by atoms with Crippen LogP contribution in [0.25, 0.3) is 5.69 Å². The van der Waals surface area contributed by atoms with Crippen molar-refractivity contribution in [3.05, 3.63) is 80.2 Å². The summed E-state index contributed by atoms with van der Waals surface area (Å²) < 4.78 is 33.6. The average Bonchev–Trinajstić information content (AvgIpc) is 2.70. The van der Waals surface area contributed by atoms with Crippen molar-refractivity contribution in [2.45, 2.75) is 33.8 Å². The van der Waals surface area contributed by atoms with E-state index in [0.29, 0.717) is 23.9 Å². The molecule has 0 amide bonds. The van der Waals surface area contributed by atoms with E-state index in [9.17, 15) is 18.4 Å². The smallest absolute Gasteiger partial charge is 0.277 e. The summed E-state index contributed by atoms with van der Waals surface area (Å²) in [4.78, 5) is 32.5. The summed E-state index contributed by atoms with van der Waals surface area (Å²) in [5.74, 6) is -1.86. The van der Waals surface area contributed by atoms with Gasteiger partial charge in [-0.2, -0.15) is 0 Å². The van der Waals surface area contributed by atoms with Crippen molar-refractivity contribution in [3.63, 3.8) is 0 Å². The van der Waals surface area contributed by atoms with Gasteiger partial charge in [0.05, 0.1) is 11.9 Å². The molecule has 0 N–H and O–H groups in total. The van der Waals surface area contributed by atoms with E-state index in [2.05, 4.69) is 9.97 Å². The van der Waals surface area contributed by atoms with Crippen LogP contribution in [0.4, 0.5) is 8.78 Å². The molecule has 0 atom stereocenters. The van der Waals surface area contributed by atoms with Crippen LogP contribution in [0.5, 0.6) is 5.75 Å². The van der Waals surface area contributed by atoms with Crippen LogP contribution in [0.15, 0.2) is 35.4 Å². The standard InChI is InChI=1S/C21H18ClF2N3O3/c1-4-13-8-25-16(12(3)28)7-18(13)27-11(2)5-19(20(22)21(27)29)30-10-17-15(24)6-14(23)9-26-17/h5-9H,4,10H2,1-3H3. The number of carbonyl (C=O) groups excluding carboxylic acids is 1. The summed E-state index contributed by atoms with van der Waals surface area (Å²) in [7, 11) is 0. The fourth-order valence-electron chi connectivity index (χ4n) is 2.93. The lowest BCUT2D eigenvalue weighted by Gasteiger charge is -2.17. The summed E-state index contributed by atoms with van der Waals surface area (Å²) in [6, 6.07) is 3.77. The molecule has 9 heteroatoms. The topological polar surface area (TPSA) is 74.1 Å². The highest BCUT2D eigenvalue weighted by atomic mass is 35.5. The van der Waals surface area contributed by atoms with Gasteiger partial charge in [0, 0.05) is 30.9 Å². The lowest BCUT2D eigenvalue weighted by molar-refractivity contribution is 0.101. The van der Waals surface area contributed by atoms with Crippen LogP contribution in [-0.2, 0) is 13.0 Å². The van der Waals surface area contributed by atoms with E-state index in [4.69, 9.17) is 16.3 Å². The van der Waals surface area contributed by atoms with Crippen molar-refractivity contribution in [1.29, 1.82) is 0 Å². The first-order valence-electron chi connectivity index (χ1n) is 9.08. The lowest BCUT2D eigenvalue weighted by Crippen LogP contribution is -2.23. The number of hydrogen-bond acceptors (Lipinski definition) is 5. The molecule has 0 fully saturated rings. The lowest BCUT2D eigenvalue weighted by atomic mass is 10.1. The van der Waals surface area contributed by atoms with E-state index in [1.165, 1.54) is 17.6 Å². The molecule has 3 rings (SSSR count). The van der Waals surface area contributed by atoms with Crippen LogP contribution in [0.2, 0.25) is 5.02 Å². The van der Waals surface area contributed by atoms with Gasteiger partial charge in [-0.3, -0.25) is 24.1 Å². The minimum Gasteiger partial charge on any atom is -0.485 e. The van der Waals surface area contributed by atoms with Crippen LogP contribution in [-0.4, -0.2) is 20.3 Å². The van der Waals surface area contributed by atoms with Gasteiger partial charge in [-0.05, 0) is 25.0 Å². The predicted octanol–water partition coefficient (Wildman–Crippen LogP) is 4.21. The molecule has 0 saturated heterocycles. The maximum atomic E-state index is 13.8. The third-order valence-corrected chi connectivity index (χ3v) is 4.84. The second-order valence-electron chi connectivity index (χ2n) is 6.58. The third kappa shape index (κ3) is 4.23. The Hall–Kier alpha value is -3.13. The molecular weight excluding hydrogens is 416 g/mol. The van der Waals surface area contributed by atoms with Gasteiger partial charge in [0.1, 0.15) is 34.6 Å². The van der Waals surface area contributed by atoms with Crippen LogP contribution in [0.3, 0.4) is 0 Å². The molecule has 0 spiro atoms. The Morgan fingerprint density at radius 1 is 1.20 bits per heavy atom. The highest BCUT2D eigenvalue weighted by Crippen LogP contribution is 2.26. The summed E-state index contributed by atoms with van der Waals surface area (Å²) >= 11 is 6.23. The Morgan fingerprint density at radius 2 is 1.93 bits per heavy atom. The molecule has 0 aromatic carbocycles. The maximum Gasteiger partial charge on any atom is 0.277 e. The molecule has 156 valence electrons. The van der Waals surface area contributed by atoms with Crippen molar-refractivity contribution in [1.82, 2.24) is 14.5 Å². The summed E-state index contributed by atoms with van der Waals surface area (Å²) in [6.07, 6.45) is 3.01. The molecule has 30 heavy (non-hydrogen) atoms. The Morgan fingerprint density at radius 3 is 2.57 bits per heavy atom. The highest BCUT2D eigenvalue weighted by molar-refractivity contribution is 6.31. The van der Waals surface area contributed by atoms with Gasteiger partial charge >= 0.3 is 0 Å². The van der Waals surface area contributed by atoms with Gasteiger partial charge in [0.25, 0.3) is 5.56 Å². The van der Waals surface area contributed by atoms with Gasteiger partial charge in [0.2, 0.25) is 0 Å². The first-order valence-corrected chi connectivity index (χ1v) is 9.45. The van der Waals surface area contributed by atoms with Gasteiger partial charge in [0.15, 0.2) is 11.6 Å². The molecule has 0 unspecified atom stereocenters. The van der Waals surface area contributed by atoms with Crippen molar-refractivity contribution in [2.24, 2.45) is 0 Å². The first kappa shape index (κ1) is 21.6. The fourth-order valence-corrected chi connectivity index (χ4v) is 3.12. The zero-order chi connectivity index (χ0) is 22.0. The number of aromatic nitrogens is 3. The summed E-state index contributed by atoms with van der Waals surface area (Å²) in [5.41, 5.74) is 1.29. The van der Waals surface area contributed by atoms with Crippen molar-refractivity contribution >= 4 is 17.4 Å². The zero-order valence-electron chi connectivity index (χ0n) is 16.5. The van der Waals surface area contributed by atoms with Gasteiger partial charge < -0.3 is 4.74 Å². The van der Waals surface area contributed by atoms with E-state index in [-0.39, 0.29) is 34.6 Å². The van der Waals surface area contributed by atoms with Crippen LogP contribution < -0.4 is 10.3 Å². The molecule has 0 aliphatic carbocycles. The molecule has 0 bridgehead atoms. The SMILES string of the molecule is CCc1cnc(C(C)=O)cc1-n1c(C)cc(OCc2ncc(F)cc2F)c(Cl)c1=O. The molecule has 3 heterocycles. The largest absolute Gasteiger partial charge is 0.485 e. The van der Waals surface area contributed by atoms with E-state index in [1.807, 2.05) is 6.92 Å². The minimum atomic E-state index is -0.864. The van der Waals surface area contributed by atoms with E-state index < -0.39 is 17.2 Å². The molecular formula is C21H18ClF2N3O3. The third-order valence-electron chi connectivity index (χ3n) is 4.49. The number of halogens is 3. The monoisotopic (exact) mass is 433 g/mol. The number of aryl methyl sites for hydroxylation is 2. The predicted molar refractivity (Wildman–Crippen MR) is 107 cm³/mol. The Bertz CT molecular complexity index is 1190. The van der Waals surface area contributed by atoms with E-state index in [1.54, 1.807) is 19.2 Å². The second kappa shape index (κ2) is 8.71. The van der Waals surface area contributed by atoms with Crippen LogP contribution >= 0.6 is 11.6 Å². The van der Waals surface area contributed by atoms with E-state index in [0.717, 1.165) is 11.8 Å². The molecule has 0 radical (unpaired) electrons. The maximum absolute atomic E-state index is 13.8. The number of rotatable bonds is 6. The van der Waals surface area contributed by atoms with Gasteiger partial charge in [-0.25, -0.2) is 8.78 Å². The number of nitrogens with zero attached hydrogens (tertiary/aromatic N) is 3. The Kier molecular flexibility index (Phi) is 6.26. The fraction of sp³-hybridized carbons (Fsp3) is 0.238. The minimum absolute atomic E-state index is 0.0415. The number of carbonyl (C=O) groups is 1. The first-order chi connectivity index (χ1) is 14.2. The Labute approximate surface area is 176 Å². The van der Waals surface area contributed by atoms with Crippen molar-refractivity contribution in [2.75, 3.05) is 0 Å². The molecule has 6 nitrogen and oxygen atoms in total. The summed E-state index contributed by atoms with van der Waals surface area (Å²) in [6.45, 7) is 4.63. The van der Waals surface area contributed by atoms with Gasteiger partial charge in [-0.15, -0.1) is 0 Å². The molecule has 3 aromatic rings. The summed E-state index contributed by atoms with van der Waals surface area (Å²) in [5, 5.41) is -0.216.